The van der Waals surface area contributed by atoms with Gasteiger partial charge in [0.05, 0.1) is 5.25 Å². The maximum absolute atomic E-state index is 6.23. The molecule has 19 heavy (non-hydrogen) atoms. The molecule has 2 aromatic rings. The second-order valence-electron chi connectivity index (χ2n) is 4.38. The third-order valence-electron chi connectivity index (χ3n) is 2.88. The molecular formula is C14H18N4S. The SMILES string of the molecule is CCC(N)C(Sc1nccc(C)n1)c1cccnc1. The molecule has 0 fully saturated rings. The largest absolute Gasteiger partial charge is 0.326 e. The molecule has 2 rings (SSSR count). The Morgan fingerprint density at radius 1 is 1.32 bits per heavy atom. The van der Waals surface area contributed by atoms with E-state index in [-0.39, 0.29) is 11.3 Å². The van der Waals surface area contributed by atoms with Crippen molar-refractivity contribution in [3.63, 3.8) is 0 Å². The molecule has 2 N–H and O–H groups in total. The molecule has 0 aromatic carbocycles. The highest BCUT2D eigenvalue weighted by Gasteiger charge is 2.21. The topological polar surface area (TPSA) is 64.7 Å². The van der Waals surface area contributed by atoms with Crippen molar-refractivity contribution in [3.05, 3.63) is 48.0 Å². The lowest BCUT2D eigenvalue weighted by Crippen LogP contribution is -2.26. The Balaban J connectivity index is 2.24. The zero-order valence-corrected chi connectivity index (χ0v) is 12.0. The van der Waals surface area contributed by atoms with E-state index in [4.69, 9.17) is 5.73 Å². The average Bonchev–Trinajstić information content (AvgIpc) is 2.45. The second-order valence-corrected chi connectivity index (χ2v) is 5.49. The number of thioether (sulfide) groups is 1. The van der Waals surface area contributed by atoms with E-state index in [0.717, 1.165) is 22.8 Å². The summed E-state index contributed by atoms with van der Waals surface area (Å²) < 4.78 is 0. The van der Waals surface area contributed by atoms with Crippen molar-refractivity contribution in [2.45, 2.75) is 36.7 Å². The van der Waals surface area contributed by atoms with Crippen LogP contribution < -0.4 is 5.73 Å². The molecule has 0 saturated heterocycles. The maximum atomic E-state index is 6.23. The number of hydrogen-bond donors (Lipinski definition) is 1. The van der Waals surface area contributed by atoms with E-state index in [0.29, 0.717) is 0 Å². The smallest absolute Gasteiger partial charge is 0.188 e. The third-order valence-corrected chi connectivity index (χ3v) is 4.16. The minimum atomic E-state index is 0.0540. The van der Waals surface area contributed by atoms with Gasteiger partial charge in [-0.3, -0.25) is 4.98 Å². The van der Waals surface area contributed by atoms with Crippen LogP contribution in [0, 0.1) is 6.92 Å². The van der Waals surface area contributed by atoms with Gasteiger partial charge in [0.15, 0.2) is 5.16 Å². The number of rotatable bonds is 5. The van der Waals surface area contributed by atoms with E-state index in [1.165, 1.54) is 0 Å². The van der Waals surface area contributed by atoms with Crippen molar-refractivity contribution >= 4 is 11.8 Å². The summed E-state index contributed by atoms with van der Waals surface area (Å²) in [5.41, 5.74) is 8.31. The van der Waals surface area contributed by atoms with Gasteiger partial charge in [0, 0.05) is 30.3 Å². The first-order valence-electron chi connectivity index (χ1n) is 6.32. The van der Waals surface area contributed by atoms with Gasteiger partial charge < -0.3 is 5.73 Å². The Labute approximate surface area is 117 Å². The van der Waals surface area contributed by atoms with Crippen LogP contribution in [0.1, 0.15) is 29.9 Å². The van der Waals surface area contributed by atoms with Gasteiger partial charge >= 0.3 is 0 Å². The predicted octanol–water partition coefficient (Wildman–Crippen LogP) is 2.75. The summed E-state index contributed by atoms with van der Waals surface area (Å²) in [5, 5.41) is 0.887. The first-order valence-corrected chi connectivity index (χ1v) is 7.20. The monoisotopic (exact) mass is 274 g/mol. The first kappa shape index (κ1) is 14.0. The maximum Gasteiger partial charge on any atom is 0.188 e. The summed E-state index contributed by atoms with van der Waals surface area (Å²) in [6, 6.07) is 5.93. The quantitative estimate of drug-likeness (QED) is 0.671. The van der Waals surface area contributed by atoms with Gasteiger partial charge in [-0.1, -0.05) is 24.8 Å². The molecule has 2 unspecified atom stereocenters. The summed E-state index contributed by atoms with van der Waals surface area (Å²) in [5.74, 6) is 0. The van der Waals surface area contributed by atoms with Gasteiger partial charge in [-0.05, 0) is 31.0 Å². The highest BCUT2D eigenvalue weighted by molar-refractivity contribution is 7.99. The Morgan fingerprint density at radius 3 is 2.79 bits per heavy atom. The fourth-order valence-corrected chi connectivity index (χ4v) is 2.95. The molecule has 2 heterocycles. The minimum Gasteiger partial charge on any atom is -0.326 e. The Bertz CT molecular complexity index is 518. The van der Waals surface area contributed by atoms with Crippen LogP contribution in [0.4, 0.5) is 0 Å². The van der Waals surface area contributed by atoms with Gasteiger partial charge in [0.1, 0.15) is 0 Å². The number of hydrogen-bond acceptors (Lipinski definition) is 5. The zero-order valence-electron chi connectivity index (χ0n) is 11.2. The number of nitrogens with two attached hydrogens (primary N) is 1. The second kappa shape index (κ2) is 6.63. The van der Waals surface area contributed by atoms with Gasteiger partial charge in [-0.2, -0.15) is 0 Å². The lowest BCUT2D eigenvalue weighted by atomic mass is 10.1. The number of aryl methyl sites for hydroxylation is 1. The first-order chi connectivity index (χ1) is 9.20. The lowest BCUT2D eigenvalue weighted by Gasteiger charge is -2.21. The predicted molar refractivity (Wildman–Crippen MR) is 77.9 cm³/mol. The Morgan fingerprint density at radius 2 is 2.16 bits per heavy atom. The van der Waals surface area contributed by atoms with Gasteiger partial charge in [0.2, 0.25) is 0 Å². The molecule has 0 amide bonds. The van der Waals surface area contributed by atoms with Crippen LogP contribution in [0.25, 0.3) is 0 Å². The van der Waals surface area contributed by atoms with E-state index in [2.05, 4.69) is 27.9 Å². The summed E-state index contributed by atoms with van der Waals surface area (Å²) in [7, 11) is 0. The molecule has 0 radical (unpaired) electrons. The summed E-state index contributed by atoms with van der Waals surface area (Å²) in [4.78, 5) is 12.9. The summed E-state index contributed by atoms with van der Waals surface area (Å²) in [6.07, 6.45) is 6.32. The molecule has 0 aliphatic heterocycles. The normalized spacial score (nSPS) is 14.1. The number of aromatic nitrogens is 3. The van der Waals surface area contributed by atoms with Gasteiger partial charge in [-0.25, -0.2) is 9.97 Å². The summed E-state index contributed by atoms with van der Waals surface area (Å²) in [6.45, 7) is 4.05. The van der Waals surface area contributed by atoms with Crippen molar-refractivity contribution in [2.24, 2.45) is 5.73 Å². The van der Waals surface area contributed by atoms with Crippen LogP contribution in [0.3, 0.4) is 0 Å². The molecule has 0 aliphatic rings. The molecule has 0 bridgehead atoms. The minimum absolute atomic E-state index is 0.0540. The molecule has 100 valence electrons. The number of pyridine rings is 1. The fourth-order valence-electron chi connectivity index (χ4n) is 1.76. The molecule has 0 spiro atoms. The average molecular weight is 274 g/mol. The fraction of sp³-hybridized carbons (Fsp3) is 0.357. The van der Waals surface area contributed by atoms with Crippen molar-refractivity contribution in [3.8, 4) is 0 Å². The molecule has 2 aromatic heterocycles. The molecule has 0 saturated carbocycles. The van der Waals surface area contributed by atoms with Crippen molar-refractivity contribution in [2.75, 3.05) is 0 Å². The molecule has 5 heteroatoms. The van der Waals surface area contributed by atoms with Crippen LogP contribution in [0.5, 0.6) is 0 Å². The zero-order chi connectivity index (χ0) is 13.7. The third kappa shape index (κ3) is 3.75. The lowest BCUT2D eigenvalue weighted by molar-refractivity contribution is 0.631. The van der Waals surface area contributed by atoms with Crippen LogP contribution in [-0.2, 0) is 0 Å². The Hall–Kier alpha value is -1.46. The van der Waals surface area contributed by atoms with E-state index < -0.39 is 0 Å². The highest BCUT2D eigenvalue weighted by Crippen LogP contribution is 2.35. The van der Waals surface area contributed by atoms with Crippen LogP contribution in [-0.4, -0.2) is 21.0 Å². The molecular weight excluding hydrogens is 256 g/mol. The Kier molecular flexibility index (Phi) is 4.87. The van der Waals surface area contributed by atoms with Gasteiger partial charge in [0.25, 0.3) is 0 Å². The number of nitrogens with zero attached hydrogens (tertiary/aromatic N) is 3. The van der Waals surface area contributed by atoms with Crippen LogP contribution in [0.15, 0.2) is 41.9 Å². The van der Waals surface area contributed by atoms with E-state index in [9.17, 15) is 0 Å². The molecule has 2 atom stereocenters. The van der Waals surface area contributed by atoms with Crippen LogP contribution in [0.2, 0.25) is 0 Å². The van der Waals surface area contributed by atoms with E-state index in [1.54, 1.807) is 24.2 Å². The van der Waals surface area contributed by atoms with Crippen molar-refractivity contribution in [1.29, 1.82) is 0 Å². The van der Waals surface area contributed by atoms with Gasteiger partial charge in [-0.15, -0.1) is 0 Å². The van der Waals surface area contributed by atoms with Crippen LogP contribution >= 0.6 is 11.8 Å². The van der Waals surface area contributed by atoms with E-state index in [1.807, 2.05) is 25.3 Å². The van der Waals surface area contributed by atoms with E-state index >= 15 is 0 Å². The standard InChI is InChI=1S/C14H18N4S/c1-3-12(15)13(11-5-4-7-16-9-11)19-14-17-8-6-10(2)18-14/h4-9,12-13H,3,15H2,1-2H3. The molecule has 0 aliphatic carbocycles. The summed E-state index contributed by atoms with van der Waals surface area (Å²) >= 11 is 1.60. The van der Waals surface area contributed by atoms with Crippen molar-refractivity contribution < 1.29 is 0 Å². The highest BCUT2D eigenvalue weighted by atomic mass is 32.2. The molecule has 4 nitrogen and oxygen atoms in total. The van der Waals surface area contributed by atoms with Crippen molar-refractivity contribution in [1.82, 2.24) is 15.0 Å².